The lowest BCUT2D eigenvalue weighted by atomic mass is 10.2. The van der Waals surface area contributed by atoms with Gasteiger partial charge in [0, 0.05) is 22.0 Å². The summed E-state index contributed by atoms with van der Waals surface area (Å²) >= 11 is 5.32. The number of carbonyl (C=O) groups excluding carboxylic acids is 1. The highest BCUT2D eigenvalue weighted by atomic mass is 79.9. The molecule has 1 saturated heterocycles. The van der Waals surface area contributed by atoms with E-state index in [9.17, 15) is 4.79 Å². The van der Waals surface area contributed by atoms with Crippen LogP contribution < -0.4 is 5.32 Å². The molecular formula is C13H16BrNO2S. The molecule has 5 heteroatoms. The molecule has 0 spiro atoms. The maximum absolute atomic E-state index is 11.4. The minimum atomic E-state index is -0.151. The molecule has 1 heterocycles. The smallest absolute Gasteiger partial charge is 0.322 e. The normalized spacial score (nSPS) is 23.0. The minimum absolute atomic E-state index is 0.127. The molecular weight excluding hydrogens is 314 g/mol. The van der Waals surface area contributed by atoms with Crippen LogP contribution in [0.4, 0.5) is 0 Å². The van der Waals surface area contributed by atoms with Gasteiger partial charge >= 0.3 is 5.97 Å². The first kappa shape index (κ1) is 13.9. The average Bonchev–Trinajstić information content (AvgIpc) is 2.86. The fraction of sp³-hybridized carbons (Fsp3) is 0.462. The largest absolute Gasteiger partial charge is 0.468 e. The van der Waals surface area contributed by atoms with Crippen LogP contribution in [0.5, 0.6) is 0 Å². The maximum Gasteiger partial charge on any atom is 0.322 e. The predicted molar refractivity (Wildman–Crippen MR) is 77.6 cm³/mol. The van der Waals surface area contributed by atoms with E-state index < -0.39 is 0 Å². The number of ether oxygens (including phenoxy) is 1. The molecule has 1 aliphatic heterocycles. The van der Waals surface area contributed by atoms with E-state index >= 15 is 0 Å². The van der Waals surface area contributed by atoms with E-state index in [0.29, 0.717) is 5.25 Å². The second kappa shape index (κ2) is 6.59. The Kier molecular flexibility index (Phi) is 5.09. The summed E-state index contributed by atoms with van der Waals surface area (Å²) in [5.74, 6) is 0.829. The molecule has 0 radical (unpaired) electrons. The second-order valence-corrected chi connectivity index (χ2v) is 6.48. The van der Waals surface area contributed by atoms with Crippen LogP contribution in [0.25, 0.3) is 0 Å². The molecule has 3 nitrogen and oxygen atoms in total. The van der Waals surface area contributed by atoms with Gasteiger partial charge in [-0.05, 0) is 24.1 Å². The Balaban J connectivity index is 1.78. The van der Waals surface area contributed by atoms with Crippen LogP contribution in [0.15, 0.2) is 28.7 Å². The van der Waals surface area contributed by atoms with Gasteiger partial charge < -0.3 is 10.1 Å². The molecule has 2 atom stereocenters. The number of halogens is 1. The van der Waals surface area contributed by atoms with Crippen molar-refractivity contribution < 1.29 is 9.53 Å². The van der Waals surface area contributed by atoms with E-state index in [-0.39, 0.29) is 12.0 Å². The van der Waals surface area contributed by atoms with Gasteiger partial charge in [-0.3, -0.25) is 4.79 Å². The first-order chi connectivity index (χ1) is 8.69. The summed E-state index contributed by atoms with van der Waals surface area (Å²) in [5, 5.41) is 3.68. The van der Waals surface area contributed by atoms with Gasteiger partial charge in [-0.2, -0.15) is 11.8 Å². The Morgan fingerprint density at radius 3 is 2.89 bits per heavy atom. The van der Waals surface area contributed by atoms with Gasteiger partial charge in [0.1, 0.15) is 6.04 Å². The molecule has 2 unspecified atom stereocenters. The van der Waals surface area contributed by atoms with Crippen LogP contribution in [-0.2, 0) is 15.3 Å². The summed E-state index contributed by atoms with van der Waals surface area (Å²) in [7, 11) is 1.44. The van der Waals surface area contributed by atoms with E-state index in [4.69, 9.17) is 4.74 Å². The van der Waals surface area contributed by atoms with E-state index in [1.54, 1.807) is 0 Å². The van der Waals surface area contributed by atoms with Crippen LogP contribution in [0.2, 0.25) is 0 Å². The summed E-state index contributed by atoms with van der Waals surface area (Å²) in [4.78, 5) is 11.4. The Labute approximate surface area is 120 Å². The zero-order valence-corrected chi connectivity index (χ0v) is 12.6. The minimum Gasteiger partial charge on any atom is -0.468 e. The van der Waals surface area contributed by atoms with Crippen molar-refractivity contribution in [2.45, 2.75) is 23.5 Å². The monoisotopic (exact) mass is 329 g/mol. The van der Waals surface area contributed by atoms with Gasteiger partial charge in [0.15, 0.2) is 0 Å². The molecule has 1 N–H and O–H groups in total. The maximum atomic E-state index is 11.4. The lowest BCUT2D eigenvalue weighted by molar-refractivity contribution is -0.142. The van der Waals surface area contributed by atoms with Gasteiger partial charge in [0.25, 0.3) is 0 Å². The molecule has 1 aromatic carbocycles. The van der Waals surface area contributed by atoms with Crippen molar-refractivity contribution in [3.63, 3.8) is 0 Å². The highest BCUT2D eigenvalue weighted by Crippen LogP contribution is 2.25. The molecule has 0 aliphatic carbocycles. The van der Waals surface area contributed by atoms with E-state index in [1.165, 1.54) is 12.7 Å². The number of hydrogen-bond acceptors (Lipinski definition) is 4. The van der Waals surface area contributed by atoms with E-state index in [0.717, 1.165) is 23.2 Å². The number of thioether (sulfide) groups is 1. The third-order valence-electron chi connectivity index (χ3n) is 2.98. The van der Waals surface area contributed by atoms with Crippen molar-refractivity contribution in [1.29, 1.82) is 0 Å². The van der Waals surface area contributed by atoms with Gasteiger partial charge in [-0.1, -0.05) is 28.1 Å². The number of esters is 1. The lowest BCUT2D eigenvalue weighted by Gasteiger charge is -2.09. The average molecular weight is 330 g/mol. The highest BCUT2D eigenvalue weighted by molar-refractivity contribution is 9.10. The van der Waals surface area contributed by atoms with Crippen molar-refractivity contribution in [1.82, 2.24) is 5.32 Å². The summed E-state index contributed by atoms with van der Waals surface area (Å²) in [6.45, 7) is 0.876. The van der Waals surface area contributed by atoms with E-state index in [2.05, 4.69) is 45.5 Å². The number of carbonyl (C=O) groups is 1. The van der Waals surface area contributed by atoms with Gasteiger partial charge in [-0.25, -0.2) is 0 Å². The fourth-order valence-electron chi connectivity index (χ4n) is 1.95. The van der Waals surface area contributed by atoms with Crippen LogP contribution in [0.1, 0.15) is 12.0 Å². The number of rotatable bonds is 4. The van der Waals surface area contributed by atoms with Gasteiger partial charge in [0.2, 0.25) is 0 Å². The molecule has 1 fully saturated rings. The molecule has 98 valence electrons. The molecule has 1 aliphatic rings. The summed E-state index contributed by atoms with van der Waals surface area (Å²) in [5.41, 5.74) is 1.31. The van der Waals surface area contributed by atoms with Gasteiger partial charge in [0.05, 0.1) is 7.11 Å². The number of benzene rings is 1. The third kappa shape index (κ3) is 3.73. The van der Waals surface area contributed by atoms with Gasteiger partial charge in [-0.15, -0.1) is 0 Å². The summed E-state index contributed by atoms with van der Waals surface area (Å²) < 4.78 is 5.84. The molecule has 0 bridgehead atoms. The third-order valence-corrected chi connectivity index (χ3v) is 4.83. The quantitative estimate of drug-likeness (QED) is 0.862. The van der Waals surface area contributed by atoms with Crippen LogP contribution in [-0.4, -0.2) is 30.9 Å². The first-order valence-electron chi connectivity index (χ1n) is 5.86. The topological polar surface area (TPSA) is 38.3 Å². The first-order valence-corrected chi connectivity index (χ1v) is 7.70. The SMILES string of the molecule is COC(=O)C1CC(SCc2ccc(Br)cc2)CN1. The van der Waals surface area contributed by atoms with Crippen molar-refractivity contribution >= 4 is 33.7 Å². The molecule has 0 amide bonds. The second-order valence-electron chi connectivity index (χ2n) is 4.28. The zero-order valence-electron chi connectivity index (χ0n) is 10.2. The number of methoxy groups -OCH3 is 1. The van der Waals surface area contributed by atoms with Crippen LogP contribution >= 0.6 is 27.7 Å². The Hall–Kier alpha value is -0.520. The Bertz CT molecular complexity index is 410. The fourth-order valence-corrected chi connectivity index (χ4v) is 3.37. The van der Waals surface area contributed by atoms with Crippen molar-refractivity contribution in [2.75, 3.05) is 13.7 Å². The van der Waals surface area contributed by atoms with Crippen LogP contribution in [0.3, 0.4) is 0 Å². The number of nitrogens with one attached hydrogen (secondary N) is 1. The molecule has 0 saturated carbocycles. The highest BCUT2D eigenvalue weighted by Gasteiger charge is 2.30. The Morgan fingerprint density at radius 1 is 1.50 bits per heavy atom. The molecule has 2 rings (SSSR count). The Morgan fingerprint density at radius 2 is 2.22 bits per heavy atom. The summed E-state index contributed by atoms with van der Waals surface area (Å²) in [6, 6.07) is 8.23. The van der Waals surface area contributed by atoms with Crippen LogP contribution in [0, 0.1) is 0 Å². The molecule has 0 aromatic heterocycles. The number of hydrogen-bond donors (Lipinski definition) is 1. The standard InChI is InChI=1S/C13H16BrNO2S/c1-17-13(16)12-6-11(7-15-12)18-8-9-2-4-10(14)5-3-9/h2-5,11-12,15H,6-8H2,1H3. The van der Waals surface area contributed by atoms with Crippen molar-refractivity contribution in [2.24, 2.45) is 0 Å². The molecule has 1 aromatic rings. The van der Waals surface area contributed by atoms with Crippen molar-refractivity contribution in [3.05, 3.63) is 34.3 Å². The lowest BCUT2D eigenvalue weighted by Crippen LogP contribution is -2.31. The zero-order chi connectivity index (χ0) is 13.0. The van der Waals surface area contributed by atoms with E-state index in [1.807, 2.05) is 11.8 Å². The molecule has 18 heavy (non-hydrogen) atoms. The van der Waals surface area contributed by atoms with Crippen molar-refractivity contribution in [3.8, 4) is 0 Å². The predicted octanol–water partition coefficient (Wildman–Crippen LogP) is 2.59. The summed E-state index contributed by atoms with van der Waals surface area (Å²) in [6.07, 6.45) is 0.855.